The number of benzene rings is 1. The van der Waals surface area contributed by atoms with E-state index in [2.05, 4.69) is 27.0 Å². The molecular formula is C19H31IN4O3. The Morgan fingerprint density at radius 2 is 2.04 bits per heavy atom. The largest absolute Gasteiger partial charge is 0.488 e. The first-order valence-corrected chi connectivity index (χ1v) is 9.25. The maximum Gasteiger partial charge on any atom is 0.239 e. The van der Waals surface area contributed by atoms with E-state index in [-0.39, 0.29) is 42.5 Å². The second kappa shape index (κ2) is 12.8. The second-order valence-electron chi connectivity index (χ2n) is 6.22. The zero-order chi connectivity index (χ0) is 18.8. The summed E-state index contributed by atoms with van der Waals surface area (Å²) in [4.78, 5) is 16.2. The molecule has 7 nitrogen and oxygen atoms in total. The van der Waals surface area contributed by atoms with E-state index < -0.39 is 0 Å². The van der Waals surface area contributed by atoms with Gasteiger partial charge in [-0.15, -0.1) is 24.0 Å². The Labute approximate surface area is 178 Å². The molecule has 1 saturated heterocycles. The van der Waals surface area contributed by atoms with E-state index in [0.29, 0.717) is 25.7 Å². The van der Waals surface area contributed by atoms with Crippen molar-refractivity contribution in [1.82, 2.24) is 16.0 Å². The highest BCUT2D eigenvalue weighted by Crippen LogP contribution is 2.24. The Balaban J connectivity index is 0.00000364. The molecule has 1 aromatic carbocycles. The van der Waals surface area contributed by atoms with Crippen molar-refractivity contribution in [1.29, 1.82) is 0 Å². The molecule has 1 unspecified atom stereocenters. The van der Waals surface area contributed by atoms with Gasteiger partial charge >= 0.3 is 0 Å². The number of likely N-dealkylation sites (N-methyl/N-ethyl adjacent to an activating group) is 1. The second-order valence-corrected chi connectivity index (χ2v) is 6.22. The number of halogens is 1. The summed E-state index contributed by atoms with van der Waals surface area (Å²) in [7, 11) is 0. The van der Waals surface area contributed by atoms with Crippen LogP contribution >= 0.6 is 24.0 Å². The molecule has 3 N–H and O–H groups in total. The Morgan fingerprint density at radius 1 is 1.26 bits per heavy atom. The summed E-state index contributed by atoms with van der Waals surface area (Å²) >= 11 is 0. The number of rotatable bonds is 8. The lowest BCUT2D eigenvalue weighted by Crippen LogP contribution is -2.43. The van der Waals surface area contributed by atoms with Crippen molar-refractivity contribution in [3.05, 3.63) is 29.3 Å². The van der Waals surface area contributed by atoms with Crippen molar-refractivity contribution in [3.63, 3.8) is 0 Å². The number of hydrogen-bond acceptors (Lipinski definition) is 4. The van der Waals surface area contributed by atoms with E-state index in [1.54, 1.807) is 0 Å². The molecule has 0 spiro atoms. The molecule has 1 aliphatic rings. The average Bonchev–Trinajstić information content (AvgIpc) is 3.12. The summed E-state index contributed by atoms with van der Waals surface area (Å²) in [6, 6.07) is 6.13. The van der Waals surface area contributed by atoms with Gasteiger partial charge in [0.2, 0.25) is 5.91 Å². The van der Waals surface area contributed by atoms with Crippen LogP contribution in [0.3, 0.4) is 0 Å². The standard InChI is InChI=1S/C19H30N4O3.HI/c1-4-20-18(24)12-23-19(21-5-2)22-11-15-7-6-14(3)10-17(15)26-16-8-9-25-13-16;/h6-7,10,16H,4-5,8-9,11-13H2,1-3H3,(H,20,24)(H2,21,22,23);1H. The summed E-state index contributed by atoms with van der Waals surface area (Å²) in [6.45, 7) is 9.30. The van der Waals surface area contributed by atoms with E-state index in [1.165, 1.54) is 0 Å². The predicted octanol–water partition coefficient (Wildman–Crippen LogP) is 1.97. The SMILES string of the molecule is CCNC(=O)CNC(=NCc1ccc(C)cc1OC1CCOC1)NCC.I. The lowest BCUT2D eigenvalue weighted by atomic mass is 10.1. The van der Waals surface area contributed by atoms with Gasteiger partial charge in [0.15, 0.2) is 5.96 Å². The van der Waals surface area contributed by atoms with Crippen LogP contribution in [0, 0.1) is 6.92 Å². The van der Waals surface area contributed by atoms with Crippen LogP contribution in [-0.4, -0.2) is 50.8 Å². The minimum absolute atomic E-state index is 0. The van der Waals surface area contributed by atoms with E-state index in [0.717, 1.165) is 36.4 Å². The molecule has 152 valence electrons. The fraction of sp³-hybridized carbons (Fsp3) is 0.579. The van der Waals surface area contributed by atoms with Gasteiger partial charge in [-0.25, -0.2) is 4.99 Å². The number of nitrogens with zero attached hydrogens (tertiary/aromatic N) is 1. The quantitative estimate of drug-likeness (QED) is 0.295. The van der Waals surface area contributed by atoms with Crippen LogP contribution in [0.5, 0.6) is 5.75 Å². The predicted molar refractivity (Wildman–Crippen MR) is 118 cm³/mol. The van der Waals surface area contributed by atoms with Crippen molar-refractivity contribution in [2.75, 3.05) is 32.8 Å². The number of carbonyl (C=O) groups is 1. The van der Waals surface area contributed by atoms with Crippen LogP contribution in [0.4, 0.5) is 0 Å². The lowest BCUT2D eigenvalue weighted by molar-refractivity contribution is -0.119. The number of ether oxygens (including phenoxy) is 2. The molecule has 1 aromatic rings. The number of aliphatic imine (C=N–C) groups is 1. The fourth-order valence-corrected chi connectivity index (χ4v) is 2.62. The van der Waals surface area contributed by atoms with Crippen LogP contribution in [0.15, 0.2) is 23.2 Å². The first-order valence-electron chi connectivity index (χ1n) is 9.25. The van der Waals surface area contributed by atoms with Gasteiger partial charge in [0.05, 0.1) is 26.3 Å². The molecule has 0 radical (unpaired) electrons. The molecule has 1 atom stereocenters. The van der Waals surface area contributed by atoms with Crippen molar-refractivity contribution in [2.24, 2.45) is 4.99 Å². The first kappa shape index (κ1) is 23.5. The third kappa shape index (κ3) is 8.34. The molecule has 1 fully saturated rings. The normalized spacial score (nSPS) is 16.4. The average molecular weight is 490 g/mol. The van der Waals surface area contributed by atoms with Gasteiger partial charge in [0.25, 0.3) is 0 Å². The van der Waals surface area contributed by atoms with E-state index in [9.17, 15) is 4.79 Å². The number of guanidine groups is 1. The third-order valence-electron chi connectivity index (χ3n) is 3.95. The van der Waals surface area contributed by atoms with Crippen LogP contribution in [0.2, 0.25) is 0 Å². The number of carbonyl (C=O) groups excluding carboxylic acids is 1. The molecule has 0 aromatic heterocycles. The third-order valence-corrected chi connectivity index (χ3v) is 3.95. The van der Waals surface area contributed by atoms with Gasteiger partial charge in [-0.2, -0.15) is 0 Å². The highest BCUT2D eigenvalue weighted by Gasteiger charge is 2.18. The maximum absolute atomic E-state index is 11.6. The summed E-state index contributed by atoms with van der Waals surface area (Å²) in [5, 5.41) is 8.95. The van der Waals surface area contributed by atoms with E-state index in [1.807, 2.05) is 32.9 Å². The Morgan fingerprint density at radius 3 is 2.70 bits per heavy atom. The summed E-state index contributed by atoms with van der Waals surface area (Å²) in [5.41, 5.74) is 2.16. The van der Waals surface area contributed by atoms with Crippen molar-refractivity contribution < 1.29 is 14.3 Å². The van der Waals surface area contributed by atoms with E-state index in [4.69, 9.17) is 9.47 Å². The molecule has 0 saturated carbocycles. The highest BCUT2D eigenvalue weighted by molar-refractivity contribution is 14.0. The number of aryl methyl sites for hydroxylation is 1. The summed E-state index contributed by atoms with van der Waals surface area (Å²) < 4.78 is 11.5. The number of hydrogen-bond donors (Lipinski definition) is 3. The number of amides is 1. The number of nitrogens with one attached hydrogen (secondary N) is 3. The van der Waals surface area contributed by atoms with Crippen LogP contribution < -0.4 is 20.7 Å². The summed E-state index contributed by atoms with van der Waals surface area (Å²) in [6.07, 6.45) is 1.01. The van der Waals surface area contributed by atoms with Gasteiger partial charge in [-0.1, -0.05) is 12.1 Å². The monoisotopic (exact) mass is 490 g/mol. The van der Waals surface area contributed by atoms with Gasteiger partial charge in [0.1, 0.15) is 11.9 Å². The maximum atomic E-state index is 11.6. The molecule has 0 bridgehead atoms. The highest BCUT2D eigenvalue weighted by atomic mass is 127. The Hall–Kier alpha value is -1.55. The van der Waals surface area contributed by atoms with Crippen LogP contribution in [0.25, 0.3) is 0 Å². The molecule has 8 heteroatoms. The molecule has 27 heavy (non-hydrogen) atoms. The molecule has 2 rings (SSSR count). The summed E-state index contributed by atoms with van der Waals surface area (Å²) in [5.74, 6) is 1.40. The fourth-order valence-electron chi connectivity index (χ4n) is 2.62. The molecule has 1 amide bonds. The molecule has 0 aliphatic carbocycles. The van der Waals surface area contributed by atoms with Gasteiger partial charge in [-0.05, 0) is 32.4 Å². The Bertz CT molecular complexity index is 619. The lowest BCUT2D eigenvalue weighted by Gasteiger charge is -2.16. The molecule has 1 aliphatic heterocycles. The minimum atomic E-state index is -0.0568. The Kier molecular flexibility index (Phi) is 11.1. The van der Waals surface area contributed by atoms with Crippen molar-refractivity contribution in [3.8, 4) is 5.75 Å². The van der Waals surface area contributed by atoms with Crippen molar-refractivity contribution in [2.45, 2.75) is 39.8 Å². The topological polar surface area (TPSA) is 84.0 Å². The zero-order valence-electron chi connectivity index (χ0n) is 16.3. The van der Waals surface area contributed by atoms with Crippen LogP contribution in [0.1, 0.15) is 31.4 Å². The van der Waals surface area contributed by atoms with Gasteiger partial charge in [-0.3, -0.25) is 4.79 Å². The van der Waals surface area contributed by atoms with Gasteiger partial charge < -0.3 is 25.4 Å². The molecule has 1 heterocycles. The van der Waals surface area contributed by atoms with E-state index >= 15 is 0 Å². The first-order chi connectivity index (χ1) is 12.6. The van der Waals surface area contributed by atoms with Crippen LogP contribution in [-0.2, 0) is 16.1 Å². The zero-order valence-corrected chi connectivity index (χ0v) is 18.7. The smallest absolute Gasteiger partial charge is 0.239 e. The van der Waals surface area contributed by atoms with Crippen molar-refractivity contribution >= 4 is 35.8 Å². The molecular weight excluding hydrogens is 459 g/mol. The minimum Gasteiger partial charge on any atom is -0.488 e. The van der Waals surface area contributed by atoms with Gasteiger partial charge in [0, 0.05) is 25.1 Å².